The summed E-state index contributed by atoms with van der Waals surface area (Å²) in [5, 5.41) is 3.48. The van der Waals surface area contributed by atoms with Gasteiger partial charge in [-0.25, -0.2) is 4.98 Å². The molecule has 1 aromatic rings. The molecule has 0 aromatic carbocycles. The van der Waals surface area contributed by atoms with Crippen LogP contribution in [-0.2, 0) is 6.42 Å². The predicted molar refractivity (Wildman–Crippen MR) is 73.2 cm³/mol. The van der Waals surface area contributed by atoms with E-state index < -0.39 is 0 Å². The summed E-state index contributed by atoms with van der Waals surface area (Å²) >= 11 is 1.81. The van der Waals surface area contributed by atoms with Crippen molar-refractivity contribution in [3.63, 3.8) is 0 Å². The first-order valence-electron chi connectivity index (χ1n) is 6.74. The van der Waals surface area contributed by atoms with Gasteiger partial charge in [0.15, 0.2) is 0 Å². The molecule has 0 atom stereocenters. The molecule has 1 heterocycles. The van der Waals surface area contributed by atoms with Crippen LogP contribution in [0.1, 0.15) is 69.0 Å². The lowest BCUT2D eigenvalue weighted by Crippen LogP contribution is -1.86. The van der Waals surface area contributed by atoms with E-state index in [1.165, 1.54) is 68.5 Å². The van der Waals surface area contributed by atoms with Crippen molar-refractivity contribution >= 4 is 11.3 Å². The van der Waals surface area contributed by atoms with Gasteiger partial charge in [0.1, 0.15) is 0 Å². The Morgan fingerprint density at radius 1 is 1.00 bits per heavy atom. The molecule has 0 amide bonds. The van der Waals surface area contributed by atoms with Gasteiger partial charge in [-0.2, -0.15) is 0 Å². The smallest absolute Gasteiger partial charge is 0.0928 e. The Labute approximate surface area is 104 Å². The molecule has 16 heavy (non-hydrogen) atoms. The number of hydrogen-bond donors (Lipinski definition) is 0. The highest BCUT2D eigenvalue weighted by molar-refractivity contribution is 7.09. The molecule has 0 N–H and O–H groups in total. The lowest BCUT2D eigenvalue weighted by Gasteiger charge is -2.00. The van der Waals surface area contributed by atoms with E-state index in [9.17, 15) is 0 Å². The third kappa shape index (κ3) is 6.26. The Morgan fingerprint density at radius 3 is 2.19 bits per heavy atom. The maximum atomic E-state index is 4.49. The van der Waals surface area contributed by atoms with Gasteiger partial charge in [0.05, 0.1) is 5.01 Å². The molecule has 2 heteroatoms. The van der Waals surface area contributed by atoms with Crippen LogP contribution in [0.15, 0.2) is 5.38 Å². The summed E-state index contributed by atoms with van der Waals surface area (Å²) in [7, 11) is 0. The van der Waals surface area contributed by atoms with Gasteiger partial charge in [-0.15, -0.1) is 11.3 Å². The average Bonchev–Trinajstić information content (AvgIpc) is 2.68. The van der Waals surface area contributed by atoms with Crippen molar-refractivity contribution < 1.29 is 0 Å². The van der Waals surface area contributed by atoms with Crippen LogP contribution in [0.25, 0.3) is 0 Å². The molecule has 0 saturated heterocycles. The van der Waals surface area contributed by atoms with Crippen LogP contribution in [-0.4, -0.2) is 4.98 Å². The molecular weight excluding hydrogens is 214 g/mol. The Balaban J connectivity index is 1.88. The second-order valence-corrected chi connectivity index (χ2v) is 5.55. The lowest BCUT2D eigenvalue weighted by atomic mass is 10.1. The highest BCUT2D eigenvalue weighted by Crippen LogP contribution is 2.14. The van der Waals surface area contributed by atoms with Crippen molar-refractivity contribution in [3.05, 3.63) is 16.1 Å². The summed E-state index contributed by atoms with van der Waals surface area (Å²) in [6, 6.07) is 0. The third-order valence-electron chi connectivity index (χ3n) is 2.91. The summed E-state index contributed by atoms with van der Waals surface area (Å²) in [4.78, 5) is 4.49. The normalized spacial score (nSPS) is 10.9. The van der Waals surface area contributed by atoms with Crippen molar-refractivity contribution in [2.24, 2.45) is 0 Å². The molecule has 1 rings (SSSR count). The van der Waals surface area contributed by atoms with E-state index in [1.54, 1.807) is 0 Å². The summed E-state index contributed by atoms with van der Waals surface area (Å²) in [6.45, 7) is 4.35. The van der Waals surface area contributed by atoms with E-state index in [0.29, 0.717) is 0 Å². The van der Waals surface area contributed by atoms with Gasteiger partial charge in [0.25, 0.3) is 0 Å². The van der Waals surface area contributed by atoms with Crippen molar-refractivity contribution in [3.8, 4) is 0 Å². The van der Waals surface area contributed by atoms with E-state index in [4.69, 9.17) is 0 Å². The first kappa shape index (κ1) is 13.7. The molecule has 92 valence electrons. The minimum absolute atomic E-state index is 1.18. The van der Waals surface area contributed by atoms with Crippen LogP contribution in [0.3, 0.4) is 0 Å². The highest BCUT2D eigenvalue weighted by atomic mass is 32.1. The van der Waals surface area contributed by atoms with Crippen molar-refractivity contribution in [2.75, 3.05) is 0 Å². The molecule has 0 spiro atoms. The second-order valence-electron chi connectivity index (χ2n) is 4.61. The maximum absolute atomic E-state index is 4.49. The molecule has 0 bridgehead atoms. The quantitative estimate of drug-likeness (QED) is 0.544. The van der Waals surface area contributed by atoms with E-state index in [1.807, 2.05) is 11.3 Å². The first-order chi connectivity index (χ1) is 7.83. The molecule has 1 aromatic heterocycles. The third-order valence-corrected chi connectivity index (χ3v) is 3.94. The molecule has 0 unspecified atom stereocenters. The molecular formula is C14H25NS. The standard InChI is InChI=1S/C14H25NS/c1-3-4-5-6-7-8-9-10-11-14-15-13(2)12-16-14/h12H,3-11H2,1-2H3. The van der Waals surface area contributed by atoms with Crippen molar-refractivity contribution in [2.45, 2.75) is 71.6 Å². The van der Waals surface area contributed by atoms with E-state index in [2.05, 4.69) is 24.2 Å². The van der Waals surface area contributed by atoms with Gasteiger partial charge < -0.3 is 0 Å². The number of rotatable bonds is 9. The number of hydrogen-bond acceptors (Lipinski definition) is 2. The van der Waals surface area contributed by atoms with Gasteiger partial charge in [-0.1, -0.05) is 51.9 Å². The van der Waals surface area contributed by atoms with Gasteiger partial charge >= 0.3 is 0 Å². The van der Waals surface area contributed by atoms with Gasteiger partial charge in [-0.05, 0) is 19.8 Å². The molecule has 0 radical (unpaired) electrons. The topological polar surface area (TPSA) is 12.9 Å². The zero-order valence-electron chi connectivity index (χ0n) is 10.8. The molecule has 0 fully saturated rings. The Morgan fingerprint density at radius 2 is 1.62 bits per heavy atom. The fourth-order valence-electron chi connectivity index (χ4n) is 1.93. The summed E-state index contributed by atoms with van der Waals surface area (Å²) < 4.78 is 0. The number of aromatic nitrogens is 1. The molecule has 0 aliphatic heterocycles. The number of thiazole rings is 1. The van der Waals surface area contributed by atoms with Crippen LogP contribution in [0.4, 0.5) is 0 Å². The Hall–Kier alpha value is -0.370. The van der Waals surface area contributed by atoms with Gasteiger partial charge in [-0.3, -0.25) is 0 Å². The zero-order valence-corrected chi connectivity index (χ0v) is 11.6. The van der Waals surface area contributed by atoms with Crippen molar-refractivity contribution in [1.82, 2.24) is 4.98 Å². The fraction of sp³-hybridized carbons (Fsp3) is 0.786. The van der Waals surface area contributed by atoms with Crippen LogP contribution < -0.4 is 0 Å². The largest absolute Gasteiger partial charge is 0.247 e. The maximum Gasteiger partial charge on any atom is 0.0928 e. The van der Waals surface area contributed by atoms with E-state index >= 15 is 0 Å². The van der Waals surface area contributed by atoms with Crippen molar-refractivity contribution in [1.29, 1.82) is 0 Å². The minimum Gasteiger partial charge on any atom is -0.247 e. The highest BCUT2D eigenvalue weighted by Gasteiger charge is 1.98. The SMILES string of the molecule is CCCCCCCCCCc1nc(C)cs1. The lowest BCUT2D eigenvalue weighted by molar-refractivity contribution is 0.575. The molecule has 0 aliphatic carbocycles. The van der Waals surface area contributed by atoms with E-state index in [-0.39, 0.29) is 0 Å². The summed E-state index contributed by atoms with van der Waals surface area (Å²) in [6.07, 6.45) is 12.4. The first-order valence-corrected chi connectivity index (χ1v) is 7.62. The zero-order chi connectivity index (χ0) is 11.6. The number of unbranched alkanes of at least 4 members (excludes halogenated alkanes) is 7. The number of nitrogens with zero attached hydrogens (tertiary/aromatic N) is 1. The van der Waals surface area contributed by atoms with Crippen LogP contribution in [0.5, 0.6) is 0 Å². The second kappa shape index (κ2) is 8.74. The van der Waals surface area contributed by atoms with E-state index in [0.717, 1.165) is 0 Å². The molecule has 0 aliphatic rings. The molecule has 0 saturated carbocycles. The Kier molecular flexibility index (Phi) is 7.48. The summed E-state index contributed by atoms with van der Waals surface area (Å²) in [5.74, 6) is 0. The monoisotopic (exact) mass is 239 g/mol. The summed E-state index contributed by atoms with van der Waals surface area (Å²) in [5.41, 5.74) is 1.18. The average molecular weight is 239 g/mol. The molecule has 1 nitrogen and oxygen atoms in total. The fourth-order valence-corrected chi connectivity index (χ4v) is 2.75. The van der Waals surface area contributed by atoms with Crippen LogP contribution in [0.2, 0.25) is 0 Å². The van der Waals surface area contributed by atoms with Gasteiger partial charge in [0, 0.05) is 11.1 Å². The predicted octanol–water partition coefficient (Wildman–Crippen LogP) is 5.13. The minimum atomic E-state index is 1.18. The van der Waals surface area contributed by atoms with Gasteiger partial charge in [0.2, 0.25) is 0 Å². The van der Waals surface area contributed by atoms with Crippen LogP contribution >= 0.6 is 11.3 Å². The van der Waals surface area contributed by atoms with Crippen LogP contribution in [0, 0.1) is 6.92 Å². The number of aryl methyl sites for hydroxylation is 2. The Bertz CT molecular complexity index is 267.